The van der Waals surface area contributed by atoms with Crippen LogP contribution in [0.1, 0.15) is 113 Å². The zero-order chi connectivity index (χ0) is 33.3. The van der Waals surface area contributed by atoms with Crippen molar-refractivity contribution in [2.75, 3.05) is 13.2 Å². The quantitative estimate of drug-likeness (QED) is 0.202. The van der Waals surface area contributed by atoms with Gasteiger partial charge in [0.1, 0.15) is 24.4 Å². The van der Waals surface area contributed by atoms with E-state index in [9.17, 15) is 30.6 Å². The molecule has 5 aliphatic rings. The van der Waals surface area contributed by atoms with E-state index in [0.717, 1.165) is 50.5 Å². The highest BCUT2D eigenvalue weighted by atomic mass is 16.7. The van der Waals surface area contributed by atoms with Crippen molar-refractivity contribution in [3.05, 3.63) is 23.3 Å². The maximum absolute atomic E-state index is 11.0. The first-order chi connectivity index (χ1) is 20.9. The summed E-state index contributed by atoms with van der Waals surface area (Å²) in [5.74, 6) is 1.36. The van der Waals surface area contributed by atoms with Gasteiger partial charge in [-0.3, -0.25) is 0 Å². The molecule has 8 nitrogen and oxygen atoms in total. The molecule has 6 N–H and O–H groups in total. The fourth-order valence-electron chi connectivity index (χ4n) is 11.1. The van der Waals surface area contributed by atoms with Crippen LogP contribution in [0.4, 0.5) is 0 Å². The first-order valence-electron chi connectivity index (χ1n) is 17.6. The van der Waals surface area contributed by atoms with Crippen LogP contribution in [0.5, 0.6) is 0 Å². The van der Waals surface area contributed by atoms with Crippen molar-refractivity contribution in [3.63, 3.8) is 0 Å². The molecule has 2 saturated carbocycles. The van der Waals surface area contributed by atoms with Crippen molar-refractivity contribution in [1.82, 2.24) is 0 Å². The minimum Gasteiger partial charge on any atom is -0.396 e. The number of aliphatic hydroxyl groups is 6. The van der Waals surface area contributed by atoms with Crippen LogP contribution in [0.3, 0.4) is 0 Å². The van der Waals surface area contributed by atoms with Crippen LogP contribution in [0, 0.1) is 39.4 Å². The molecular formula is C37H62O8. The zero-order valence-corrected chi connectivity index (χ0v) is 28.9. The highest BCUT2D eigenvalue weighted by Gasteiger charge is 2.64. The molecule has 0 aromatic heterocycles. The van der Waals surface area contributed by atoms with Crippen LogP contribution < -0.4 is 0 Å². The van der Waals surface area contributed by atoms with E-state index < -0.39 is 54.4 Å². The molecule has 1 aliphatic heterocycles. The number of rotatable bonds is 9. The van der Waals surface area contributed by atoms with Crippen LogP contribution in [0.15, 0.2) is 23.3 Å². The Bertz CT molecular complexity index is 1140. The van der Waals surface area contributed by atoms with E-state index in [1.165, 1.54) is 12.8 Å². The van der Waals surface area contributed by atoms with Gasteiger partial charge in [0.25, 0.3) is 0 Å². The first-order valence-corrected chi connectivity index (χ1v) is 17.6. The van der Waals surface area contributed by atoms with Crippen molar-refractivity contribution in [2.45, 2.75) is 155 Å². The topological polar surface area (TPSA) is 140 Å². The summed E-state index contributed by atoms with van der Waals surface area (Å²) in [5.41, 5.74) is 3.04. The van der Waals surface area contributed by atoms with Crippen molar-refractivity contribution in [2.24, 2.45) is 39.4 Å². The molecule has 0 spiro atoms. The van der Waals surface area contributed by atoms with E-state index in [1.807, 2.05) is 13.8 Å². The van der Waals surface area contributed by atoms with Crippen LogP contribution in [0.25, 0.3) is 0 Å². The van der Waals surface area contributed by atoms with Crippen LogP contribution in [0.2, 0.25) is 0 Å². The third kappa shape index (κ3) is 5.51. The van der Waals surface area contributed by atoms with Crippen LogP contribution >= 0.6 is 0 Å². The highest BCUT2D eigenvalue weighted by molar-refractivity contribution is 5.39. The van der Waals surface area contributed by atoms with Gasteiger partial charge in [-0.15, -0.1) is 0 Å². The van der Waals surface area contributed by atoms with Gasteiger partial charge in [0.05, 0.1) is 24.9 Å². The summed E-state index contributed by atoms with van der Waals surface area (Å²) >= 11 is 0. The second-order valence-electron chi connectivity index (χ2n) is 17.1. The summed E-state index contributed by atoms with van der Waals surface area (Å²) in [4.78, 5) is 0. The lowest BCUT2D eigenvalue weighted by atomic mass is 9.43. The van der Waals surface area contributed by atoms with Crippen LogP contribution in [-0.2, 0) is 9.47 Å². The summed E-state index contributed by atoms with van der Waals surface area (Å²) < 4.78 is 12.1. The molecule has 258 valence electrons. The average molecular weight is 635 g/mol. The van der Waals surface area contributed by atoms with Crippen molar-refractivity contribution >= 4 is 0 Å². The Hall–Kier alpha value is -0.840. The fourth-order valence-corrected chi connectivity index (χ4v) is 11.1. The van der Waals surface area contributed by atoms with Gasteiger partial charge < -0.3 is 40.1 Å². The SMILES string of the molecule is C=C(CC[C@@H](C)[C@H]1CC[C@@]2(C)C3=C(CC[C@]12C)[C@@]1(C)CC[C@H](O[C@@H]2O[C@H](CO)[C@@H](O)[C@H](O)[C@H]2O)[C@@](C)(CO)C1CC3)C(C)(C)O. The van der Waals surface area contributed by atoms with Crippen molar-refractivity contribution in [1.29, 1.82) is 0 Å². The van der Waals surface area contributed by atoms with E-state index in [2.05, 4.69) is 41.2 Å². The first kappa shape index (κ1) is 35.5. The van der Waals surface area contributed by atoms with Gasteiger partial charge in [-0.2, -0.15) is 0 Å². The Morgan fingerprint density at radius 3 is 2.27 bits per heavy atom. The standard InChI is InChI=1S/C37H62O8/c1-21(9-10-22(2)33(3,4)43)23-13-17-37(8)25-11-12-27-34(5,24(25)14-18-36(23,37)7)16-15-28(35(27,6)20-39)45-32-31(42)30(41)29(40)26(19-38)44-32/h21,23,26-32,38-43H,2,9-20H2,1,3-8H3/t21-,23-,26-,27?,28+,29-,30+,31-,32+,34-,35+,36-,37+/m1/s1. The number of hydrogen-bond acceptors (Lipinski definition) is 8. The van der Waals surface area contributed by atoms with Crippen molar-refractivity contribution < 1.29 is 40.1 Å². The molecule has 0 amide bonds. The molecule has 0 aromatic rings. The molecule has 1 saturated heterocycles. The third-order valence-electron chi connectivity index (χ3n) is 14.5. The van der Waals surface area contributed by atoms with E-state index in [-0.39, 0.29) is 28.8 Å². The van der Waals surface area contributed by atoms with E-state index in [4.69, 9.17) is 9.47 Å². The lowest BCUT2D eigenvalue weighted by Gasteiger charge is -2.63. The summed E-state index contributed by atoms with van der Waals surface area (Å²) in [7, 11) is 0. The molecule has 0 radical (unpaired) electrons. The number of allylic oxidation sites excluding steroid dienone is 2. The molecular weight excluding hydrogens is 572 g/mol. The summed E-state index contributed by atoms with van der Waals surface area (Å²) in [6, 6.07) is 0. The normalized spacial score (nSPS) is 47.6. The molecule has 45 heavy (non-hydrogen) atoms. The second-order valence-corrected chi connectivity index (χ2v) is 17.1. The minimum absolute atomic E-state index is 0.0670. The number of fused-ring (bicyclic) bond motifs is 4. The molecule has 5 rings (SSSR count). The van der Waals surface area contributed by atoms with Gasteiger partial charge in [0, 0.05) is 5.41 Å². The average Bonchev–Trinajstić information content (AvgIpc) is 3.27. The largest absolute Gasteiger partial charge is 0.396 e. The van der Waals surface area contributed by atoms with E-state index in [0.29, 0.717) is 18.3 Å². The summed E-state index contributed by atoms with van der Waals surface area (Å²) in [6.07, 6.45) is 3.09. The maximum Gasteiger partial charge on any atom is 0.186 e. The molecule has 4 aliphatic carbocycles. The van der Waals surface area contributed by atoms with Crippen LogP contribution in [-0.4, -0.2) is 86.3 Å². The van der Waals surface area contributed by atoms with Gasteiger partial charge in [0.2, 0.25) is 0 Å². The number of hydrogen-bond donors (Lipinski definition) is 6. The highest BCUT2D eigenvalue weighted by Crippen LogP contribution is 2.72. The van der Waals surface area contributed by atoms with Gasteiger partial charge in [0.15, 0.2) is 6.29 Å². The number of aliphatic hydroxyl groups excluding tert-OH is 5. The molecule has 0 bridgehead atoms. The molecule has 0 aromatic carbocycles. The monoisotopic (exact) mass is 634 g/mol. The van der Waals surface area contributed by atoms with E-state index >= 15 is 0 Å². The lowest BCUT2D eigenvalue weighted by molar-refractivity contribution is -0.328. The maximum atomic E-state index is 11.0. The fraction of sp³-hybridized carbons (Fsp3) is 0.892. The Morgan fingerprint density at radius 1 is 0.956 bits per heavy atom. The minimum atomic E-state index is -1.49. The second kappa shape index (κ2) is 12.2. The number of ether oxygens (including phenoxy) is 2. The van der Waals surface area contributed by atoms with Gasteiger partial charge in [-0.05, 0) is 118 Å². The van der Waals surface area contributed by atoms with E-state index in [1.54, 1.807) is 11.1 Å². The van der Waals surface area contributed by atoms with Gasteiger partial charge in [-0.25, -0.2) is 0 Å². The lowest BCUT2D eigenvalue weighted by Crippen LogP contribution is -2.62. The molecule has 8 heteroatoms. The molecule has 3 fully saturated rings. The zero-order valence-electron chi connectivity index (χ0n) is 28.9. The Kier molecular flexibility index (Phi) is 9.65. The molecule has 13 atom stereocenters. The predicted molar refractivity (Wildman–Crippen MR) is 173 cm³/mol. The molecule has 1 heterocycles. The smallest absolute Gasteiger partial charge is 0.186 e. The van der Waals surface area contributed by atoms with Gasteiger partial charge in [-0.1, -0.05) is 52.3 Å². The Balaban J connectivity index is 1.37. The Morgan fingerprint density at radius 2 is 1.64 bits per heavy atom. The van der Waals surface area contributed by atoms with Crippen molar-refractivity contribution in [3.8, 4) is 0 Å². The molecule has 1 unspecified atom stereocenters. The van der Waals surface area contributed by atoms with Gasteiger partial charge >= 0.3 is 0 Å². The summed E-state index contributed by atoms with van der Waals surface area (Å²) in [5, 5.41) is 62.4. The third-order valence-corrected chi connectivity index (χ3v) is 14.5. The summed E-state index contributed by atoms with van der Waals surface area (Å²) in [6.45, 7) is 19.3. The Labute approximate surface area is 270 Å². The predicted octanol–water partition coefficient (Wildman–Crippen LogP) is 4.64.